The highest BCUT2D eigenvalue weighted by molar-refractivity contribution is 9.11. The van der Waals surface area contributed by atoms with E-state index in [0.29, 0.717) is 6.54 Å². The third-order valence-corrected chi connectivity index (χ3v) is 6.60. The van der Waals surface area contributed by atoms with Gasteiger partial charge < -0.3 is 16.0 Å². The van der Waals surface area contributed by atoms with Crippen molar-refractivity contribution in [1.82, 2.24) is 4.98 Å². The molecule has 3 aromatic rings. The van der Waals surface area contributed by atoms with Crippen LogP contribution in [-0.4, -0.2) is 18.1 Å². The highest BCUT2D eigenvalue weighted by Gasteiger charge is 2.12. The van der Waals surface area contributed by atoms with Gasteiger partial charge in [-0.25, -0.2) is 0 Å². The minimum Gasteiger partial charge on any atom is -0.371 e. The zero-order valence-electron chi connectivity index (χ0n) is 15.0. The summed E-state index contributed by atoms with van der Waals surface area (Å²) in [5.41, 5.74) is 9.38. The van der Waals surface area contributed by atoms with E-state index in [9.17, 15) is 4.79 Å². The van der Waals surface area contributed by atoms with E-state index in [2.05, 4.69) is 54.3 Å². The summed E-state index contributed by atoms with van der Waals surface area (Å²) in [7, 11) is 0. The molecule has 0 radical (unpaired) electrons. The Kier molecular flexibility index (Phi) is 7.52. The number of nitrogens with two attached hydrogens (primary N) is 1. The number of nitrogens with one attached hydrogen (secondary N) is 2. The van der Waals surface area contributed by atoms with Gasteiger partial charge in [-0.3, -0.25) is 4.79 Å². The number of benzene rings is 1. The second-order valence-corrected chi connectivity index (χ2v) is 9.20. The number of H-pyrrole nitrogens is 1. The highest BCUT2D eigenvalue weighted by atomic mass is 79.9. The van der Waals surface area contributed by atoms with Crippen molar-refractivity contribution in [3.05, 3.63) is 59.9 Å². The first-order valence-electron chi connectivity index (χ1n) is 9.09. The lowest BCUT2D eigenvalue weighted by Gasteiger charge is -2.17. The fourth-order valence-electron chi connectivity index (χ4n) is 3.17. The number of aromatic amines is 1. The molecule has 0 saturated carbocycles. The molecule has 0 spiro atoms. The molecule has 0 atom stereocenters. The maximum absolute atomic E-state index is 11.6. The molecule has 7 heteroatoms. The molecule has 2 aromatic heterocycles. The lowest BCUT2D eigenvalue weighted by Crippen LogP contribution is -2.11. The van der Waals surface area contributed by atoms with E-state index in [1.165, 1.54) is 57.1 Å². The number of pyridine rings is 1. The van der Waals surface area contributed by atoms with Gasteiger partial charge >= 0.3 is 0 Å². The Morgan fingerprint density at radius 3 is 2.81 bits per heavy atom. The van der Waals surface area contributed by atoms with Gasteiger partial charge in [-0.1, -0.05) is 31.9 Å². The highest BCUT2D eigenvalue weighted by Crippen LogP contribution is 2.31. The molecular formula is C20H23Br2N3OS. The maximum atomic E-state index is 11.6. The number of halogens is 2. The molecule has 4 nitrogen and oxygen atoms in total. The maximum Gasteiger partial charge on any atom is 0.201 e. The van der Waals surface area contributed by atoms with Crippen LogP contribution in [0.15, 0.2) is 43.4 Å². The molecule has 0 amide bonds. The first-order chi connectivity index (χ1) is 13.1. The van der Waals surface area contributed by atoms with Crippen LogP contribution in [0.3, 0.4) is 0 Å². The Labute approximate surface area is 179 Å². The molecule has 4 N–H and O–H groups in total. The quantitative estimate of drug-likeness (QED) is 0.407. The van der Waals surface area contributed by atoms with Crippen molar-refractivity contribution in [2.45, 2.75) is 32.1 Å². The number of rotatable bonds is 4. The number of hydrogen-bond donors (Lipinski definition) is 3. The van der Waals surface area contributed by atoms with Crippen molar-refractivity contribution in [3.63, 3.8) is 0 Å². The fraction of sp³-hybridized carbons (Fsp3) is 0.350. The van der Waals surface area contributed by atoms with Crippen molar-refractivity contribution >= 4 is 59.2 Å². The molecule has 2 heterocycles. The Morgan fingerprint density at radius 2 is 2.00 bits per heavy atom. The third kappa shape index (κ3) is 5.44. The number of thiophene rings is 1. The molecule has 4 rings (SSSR count). The van der Waals surface area contributed by atoms with Crippen molar-refractivity contribution in [2.75, 3.05) is 18.4 Å². The summed E-state index contributed by atoms with van der Waals surface area (Å²) < 4.78 is 3.24. The first-order valence-corrected chi connectivity index (χ1v) is 11.6. The Bertz CT molecular complexity index is 968. The predicted molar refractivity (Wildman–Crippen MR) is 123 cm³/mol. The fourth-order valence-corrected chi connectivity index (χ4v) is 5.45. The number of hydrogen-bond acceptors (Lipinski definition) is 4. The van der Waals surface area contributed by atoms with Gasteiger partial charge in [0.25, 0.3) is 0 Å². The second-order valence-electron chi connectivity index (χ2n) is 6.51. The van der Waals surface area contributed by atoms with Crippen LogP contribution in [0.1, 0.15) is 30.4 Å². The number of anilines is 1. The minimum atomic E-state index is 0.0639. The summed E-state index contributed by atoms with van der Waals surface area (Å²) in [4.78, 5) is 14.8. The van der Waals surface area contributed by atoms with Gasteiger partial charge in [0.15, 0.2) is 0 Å². The van der Waals surface area contributed by atoms with Gasteiger partial charge in [-0.2, -0.15) is 0 Å². The number of aryl methyl sites for hydroxylation is 1. The zero-order valence-corrected chi connectivity index (χ0v) is 19.0. The smallest absolute Gasteiger partial charge is 0.201 e. The summed E-state index contributed by atoms with van der Waals surface area (Å²) in [6, 6.07) is 7.90. The van der Waals surface area contributed by atoms with Crippen LogP contribution in [0.2, 0.25) is 0 Å². The van der Waals surface area contributed by atoms with E-state index < -0.39 is 0 Å². The van der Waals surface area contributed by atoms with E-state index in [4.69, 9.17) is 5.73 Å². The predicted octanol–water partition coefficient (Wildman–Crippen LogP) is 5.44. The molecule has 1 aromatic carbocycles. The Morgan fingerprint density at radius 1 is 1.19 bits per heavy atom. The van der Waals surface area contributed by atoms with Crippen LogP contribution >= 0.6 is 43.2 Å². The normalized spacial score (nSPS) is 13.0. The van der Waals surface area contributed by atoms with Gasteiger partial charge in [-0.15, -0.1) is 11.3 Å². The van der Waals surface area contributed by atoms with Gasteiger partial charge in [0.1, 0.15) is 5.82 Å². The molecule has 144 valence electrons. The standard InChI is InChI=1S/C10H10Br2.C10H13N3OS/c11-8-5-7-3-1-2-4-9(7)10(12)6-8;11-3-1-4-12-9-6-8(14)10-7(13-9)2-5-15-10/h5-6H,1-4H2;2,5-6H,1,3-4,11H2,(H2,12,13,14). The average Bonchev–Trinajstić information content (AvgIpc) is 3.12. The molecule has 1 aliphatic rings. The Hall–Kier alpha value is -1.15. The van der Waals surface area contributed by atoms with Gasteiger partial charge in [0, 0.05) is 21.6 Å². The first kappa shape index (κ1) is 20.6. The minimum absolute atomic E-state index is 0.0639. The van der Waals surface area contributed by atoms with Crippen LogP contribution < -0.4 is 16.5 Å². The molecular weight excluding hydrogens is 490 g/mol. The van der Waals surface area contributed by atoms with Crippen LogP contribution in [-0.2, 0) is 12.8 Å². The van der Waals surface area contributed by atoms with Crippen LogP contribution in [0.5, 0.6) is 0 Å². The van der Waals surface area contributed by atoms with E-state index in [-0.39, 0.29) is 5.43 Å². The molecule has 0 fully saturated rings. The van der Waals surface area contributed by atoms with E-state index in [1.807, 2.05) is 11.4 Å². The van der Waals surface area contributed by atoms with E-state index in [1.54, 1.807) is 6.07 Å². The van der Waals surface area contributed by atoms with Gasteiger partial charge in [0.2, 0.25) is 5.43 Å². The number of aromatic nitrogens is 1. The van der Waals surface area contributed by atoms with Gasteiger partial charge in [-0.05, 0) is 73.4 Å². The average molecular weight is 513 g/mol. The van der Waals surface area contributed by atoms with Crippen LogP contribution in [0, 0.1) is 0 Å². The third-order valence-electron chi connectivity index (χ3n) is 4.51. The van der Waals surface area contributed by atoms with Crippen LogP contribution in [0.4, 0.5) is 5.82 Å². The van der Waals surface area contributed by atoms with Crippen molar-refractivity contribution in [1.29, 1.82) is 0 Å². The second kappa shape index (κ2) is 9.87. The molecule has 0 unspecified atom stereocenters. The molecule has 0 bridgehead atoms. The molecule has 1 aliphatic carbocycles. The summed E-state index contributed by atoms with van der Waals surface area (Å²) >= 11 is 8.57. The van der Waals surface area contributed by atoms with Crippen molar-refractivity contribution in [2.24, 2.45) is 5.73 Å². The van der Waals surface area contributed by atoms with E-state index >= 15 is 0 Å². The topological polar surface area (TPSA) is 70.9 Å². The van der Waals surface area contributed by atoms with Crippen molar-refractivity contribution < 1.29 is 0 Å². The van der Waals surface area contributed by atoms with E-state index in [0.717, 1.165) is 29.0 Å². The van der Waals surface area contributed by atoms with Gasteiger partial charge in [0.05, 0.1) is 10.2 Å². The number of fused-ring (bicyclic) bond motifs is 2. The Balaban J connectivity index is 0.000000159. The lowest BCUT2D eigenvalue weighted by atomic mass is 9.92. The van der Waals surface area contributed by atoms with Crippen molar-refractivity contribution in [3.8, 4) is 0 Å². The monoisotopic (exact) mass is 511 g/mol. The summed E-state index contributed by atoms with van der Waals surface area (Å²) in [5.74, 6) is 0.763. The lowest BCUT2D eigenvalue weighted by molar-refractivity contribution is 0.682. The molecule has 0 aliphatic heterocycles. The molecule has 27 heavy (non-hydrogen) atoms. The largest absolute Gasteiger partial charge is 0.371 e. The molecule has 0 saturated heterocycles. The summed E-state index contributed by atoms with van der Waals surface area (Å²) in [6.45, 7) is 1.43. The van der Waals surface area contributed by atoms with Crippen LogP contribution in [0.25, 0.3) is 10.2 Å². The SMILES string of the molecule is Brc1cc(Br)c2c(c1)CCCC2.NCCCNc1cc(=O)c2sccc2[nH]1. The summed E-state index contributed by atoms with van der Waals surface area (Å²) in [6.07, 6.45) is 6.06. The summed E-state index contributed by atoms with van der Waals surface area (Å²) in [5, 5.41) is 5.05. The zero-order chi connectivity index (χ0) is 19.2.